The van der Waals surface area contributed by atoms with E-state index in [9.17, 15) is 4.39 Å². The van der Waals surface area contributed by atoms with Crippen molar-refractivity contribution in [2.45, 2.75) is 32.2 Å². The molecule has 3 heteroatoms. The lowest BCUT2D eigenvalue weighted by molar-refractivity contribution is 0.320. The van der Waals surface area contributed by atoms with Crippen LogP contribution in [0.2, 0.25) is 0 Å². The highest BCUT2D eigenvalue weighted by molar-refractivity contribution is 5.24. The maximum atomic E-state index is 13.1. The van der Waals surface area contributed by atoms with Crippen molar-refractivity contribution in [1.82, 2.24) is 5.32 Å². The number of hydrogen-bond donors (Lipinski definition) is 2. The number of rotatable bonds is 3. The largest absolute Gasteiger partial charge is 0.327 e. The van der Waals surface area contributed by atoms with Crippen molar-refractivity contribution in [2.75, 3.05) is 13.1 Å². The van der Waals surface area contributed by atoms with E-state index in [2.05, 4.69) is 5.32 Å². The van der Waals surface area contributed by atoms with Gasteiger partial charge in [0.2, 0.25) is 0 Å². The van der Waals surface area contributed by atoms with Crippen molar-refractivity contribution in [1.29, 1.82) is 0 Å². The number of hydrogen-bond acceptors (Lipinski definition) is 2. The van der Waals surface area contributed by atoms with E-state index < -0.39 is 0 Å². The van der Waals surface area contributed by atoms with Crippen LogP contribution >= 0.6 is 0 Å². The van der Waals surface area contributed by atoms with E-state index in [-0.39, 0.29) is 11.9 Å². The molecule has 1 aromatic rings. The van der Waals surface area contributed by atoms with Crippen LogP contribution < -0.4 is 11.1 Å². The topological polar surface area (TPSA) is 38.0 Å². The van der Waals surface area contributed by atoms with Gasteiger partial charge in [-0.1, -0.05) is 12.1 Å². The second kappa shape index (κ2) is 5.61. The Hall–Kier alpha value is -0.930. The Kier molecular flexibility index (Phi) is 4.13. The first-order valence-electron chi connectivity index (χ1n) is 6.38. The van der Waals surface area contributed by atoms with Crippen molar-refractivity contribution >= 4 is 0 Å². The number of aryl methyl sites for hydroxylation is 1. The molecule has 17 heavy (non-hydrogen) atoms. The molecule has 2 rings (SSSR count). The molecule has 1 aliphatic heterocycles. The molecule has 1 heterocycles. The third-order valence-electron chi connectivity index (χ3n) is 3.63. The molecule has 1 aliphatic rings. The summed E-state index contributed by atoms with van der Waals surface area (Å²) in [5, 5.41) is 3.38. The number of piperidine rings is 1. The van der Waals surface area contributed by atoms with Crippen molar-refractivity contribution in [3.8, 4) is 0 Å². The van der Waals surface area contributed by atoms with E-state index in [4.69, 9.17) is 5.73 Å². The van der Waals surface area contributed by atoms with E-state index in [0.717, 1.165) is 25.1 Å². The fraction of sp³-hybridized carbons (Fsp3) is 0.571. The first-order chi connectivity index (χ1) is 8.16. The van der Waals surface area contributed by atoms with Crippen LogP contribution in [-0.2, 0) is 6.42 Å². The van der Waals surface area contributed by atoms with Crippen LogP contribution in [0, 0.1) is 18.7 Å². The summed E-state index contributed by atoms with van der Waals surface area (Å²) in [5.74, 6) is 0.413. The van der Waals surface area contributed by atoms with Gasteiger partial charge in [-0.3, -0.25) is 0 Å². The van der Waals surface area contributed by atoms with Gasteiger partial charge in [0.1, 0.15) is 5.82 Å². The van der Waals surface area contributed by atoms with Crippen LogP contribution in [-0.4, -0.2) is 19.1 Å². The summed E-state index contributed by atoms with van der Waals surface area (Å²) >= 11 is 0. The molecule has 0 bridgehead atoms. The van der Waals surface area contributed by atoms with Crippen molar-refractivity contribution in [3.05, 3.63) is 35.1 Å². The molecule has 1 saturated heterocycles. The van der Waals surface area contributed by atoms with E-state index in [1.807, 2.05) is 12.1 Å². The van der Waals surface area contributed by atoms with Gasteiger partial charge in [0.05, 0.1) is 0 Å². The Morgan fingerprint density at radius 2 is 2.35 bits per heavy atom. The predicted molar refractivity (Wildman–Crippen MR) is 68.4 cm³/mol. The lowest BCUT2D eigenvalue weighted by Crippen LogP contribution is -2.42. The van der Waals surface area contributed by atoms with Gasteiger partial charge in [-0.05, 0) is 62.4 Å². The minimum atomic E-state index is -0.137. The lowest BCUT2D eigenvalue weighted by atomic mass is 9.88. The zero-order valence-corrected chi connectivity index (χ0v) is 10.4. The molecule has 0 radical (unpaired) electrons. The summed E-state index contributed by atoms with van der Waals surface area (Å²) in [5.41, 5.74) is 8.08. The summed E-state index contributed by atoms with van der Waals surface area (Å²) < 4.78 is 13.1. The van der Waals surface area contributed by atoms with Gasteiger partial charge in [0.25, 0.3) is 0 Å². The Balaban J connectivity index is 1.96. The normalized spacial score (nSPS) is 22.4. The molecular weight excluding hydrogens is 215 g/mol. The van der Waals surface area contributed by atoms with Crippen molar-refractivity contribution < 1.29 is 4.39 Å². The highest BCUT2D eigenvalue weighted by Gasteiger charge is 2.20. The summed E-state index contributed by atoms with van der Waals surface area (Å²) in [6, 6.07) is 5.47. The second-order valence-electron chi connectivity index (χ2n) is 5.06. The molecule has 0 aliphatic carbocycles. The summed E-state index contributed by atoms with van der Waals surface area (Å²) in [4.78, 5) is 0. The monoisotopic (exact) mass is 236 g/mol. The zero-order valence-electron chi connectivity index (χ0n) is 10.4. The standard InChI is InChI=1S/C14H21FN2/c1-10-7-11(4-5-13(10)15)8-14(16)12-3-2-6-17-9-12/h4-5,7,12,14,17H,2-3,6,8-9,16H2,1H3. The van der Waals surface area contributed by atoms with E-state index in [0.29, 0.717) is 11.5 Å². The van der Waals surface area contributed by atoms with Crippen LogP contribution in [0.3, 0.4) is 0 Å². The van der Waals surface area contributed by atoms with Crippen LogP contribution in [0.5, 0.6) is 0 Å². The Morgan fingerprint density at radius 1 is 1.53 bits per heavy atom. The van der Waals surface area contributed by atoms with Gasteiger partial charge in [0, 0.05) is 6.04 Å². The van der Waals surface area contributed by atoms with E-state index >= 15 is 0 Å². The predicted octanol–water partition coefficient (Wildman–Crippen LogP) is 2.00. The molecule has 2 unspecified atom stereocenters. The fourth-order valence-corrected chi connectivity index (χ4v) is 2.52. The molecule has 1 fully saturated rings. The molecule has 3 N–H and O–H groups in total. The van der Waals surface area contributed by atoms with Gasteiger partial charge in [0.15, 0.2) is 0 Å². The molecular formula is C14H21FN2. The number of benzene rings is 1. The number of nitrogens with one attached hydrogen (secondary N) is 1. The Labute approximate surface area is 102 Å². The second-order valence-corrected chi connectivity index (χ2v) is 5.06. The van der Waals surface area contributed by atoms with Gasteiger partial charge >= 0.3 is 0 Å². The van der Waals surface area contributed by atoms with Crippen molar-refractivity contribution in [3.63, 3.8) is 0 Å². The number of nitrogens with two attached hydrogens (primary N) is 1. The van der Waals surface area contributed by atoms with Gasteiger partial charge in [-0.2, -0.15) is 0 Å². The lowest BCUT2D eigenvalue weighted by Gasteiger charge is -2.28. The molecule has 0 saturated carbocycles. The molecule has 2 nitrogen and oxygen atoms in total. The minimum absolute atomic E-state index is 0.137. The quantitative estimate of drug-likeness (QED) is 0.842. The van der Waals surface area contributed by atoms with Crippen LogP contribution in [0.4, 0.5) is 4.39 Å². The summed E-state index contributed by atoms with van der Waals surface area (Å²) in [7, 11) is 0. The molecule has 0 aromatic heterocycles. The number of halogens is 1. The van der Waals surface area contributed by atoms with Gasteiger partial charge in [-0.25, -0.2) is 4.39 Å². The molecule has 1 aromatic carbocycles. The van der Waals surface area contributed by atoms with Gasteiger partial charge in [-0.15, -0.1) is 0 Å². The molecule has 0 amide bonds. The average molecular weight is 236 g/mol. The smallest absolute Gasteiger partial charge is 0.126 e. The Morgan fingerprint density at radius 3 is 3.00 bits per heavy atom. The van der Waals surface area contributed by atoms with Gasteiger partial charge < -0.3 is 11.1 Å². The fourth-order valence-electron chi connectivity index (χ4n) is 2.52. The minimum Gasteiger partial charge on any atom is -0.327 e. The third kappa shape index (κ3) is 3.27. The Bertz CT molecular complexity index is 372. The maximum absolute atomic E-state index is 13.1. The third-order valence-corrected chi connectivity index (χ3v) is 3.63. The van der Waals surface area contributed by atoms with E-state index in [1.54, 1.807) is 6.92 Å². The molecule has 2 atom stereocenters. The SMILES string of the molecule is Cc1cc(CC(N)C2CCCNC2)ccc1F. The highest BCUT2D eigenvalue weighted by Crippen LogP contribution is 2.18. The average Bonchev–Trinajstić information content (AvgIpc) is 2.35. The maximum Gasteiger partial charge on any atom is 0.126 e. The van der Waals surface area contributed by atoms with Crippen LogP contribution in [0.25, 0.3) is 0 Å². The first kappa shape index (κ1) is 12.5. The molecule has 0 spiro atoms. The van der Waals surface area contributed by atoms with Crippen LogP contribution in [0.15, 0.2) is 18.2 Å². The van der Waals surface area contributed by atoms with Crippen LogP contribution in [0.1, 0.15) is 24.0 Å². The van der Waals surface area contributed by atoms with E-state index in [1.165, 1.54) is 18.9 Å². The zero-order chi connectivity index (χ0) is 12.3. The van der Waals surface area contributed by atoms with Crippen molar-refractivity contribution in [2.24, 2.45) is 11.7 Å². The first-order valence-corrected chi connectivity index (χ1v) is 6.38. The summed E-state index contributed by atoms with van der Waals surface area (Å²) in [6.45, 7) is 3.92. The molecule has 94 valence electrons. The summed E-state index contributed by atoms with van der Waals surface area (Å²) in [6.07, 6.45) is 3.25. The highest BCUT2D eigenvalue weighted by atomic mass is 19.1.